The first-order chi connectivity index (χ1) is 9.36. The van der Waals surface area contributed by atoms with Crippen LogP contribution in [-0.2, 0) is 4.79 Å². The van der Waals surface area contributed by atoms with E-state index < -0.39 is 5.97 Å². The van der Waals surface area contributed by atoms with Crippen molar-refractivity contribution >= 4 is 18.0 Å². The van der Waals surface area contributed by atoms with Crippen LogP contribution in [0.4, 0.5) is 0 Å². The van der Waals surface area contributed by atoms with Gasteiger partial charge in [0.15, 0.2) is 0 Å². The molecule has 0 heterocycles. The van der Waals surface area contributed by atoms with E-state index in [4.69, 9.17) is 10.2 Å². The van der Waals surface area contributed by atoms with Gasteiger partial charge in [0.2, 0.25) is 0 Å². The maximum Gasteiger partial charge on any atom is 0.328 e. The van der Waals surface area contributed by atoms with Gasteiger partial charge in [0.05, 0.1) is 12.6 Å². The summed E-state index contributed by atoms with van der Waals surface area (Å²) in [6.07, 6.45) is 2.47. The average molecular weight is 277 g/mol. The predicted octanol–water partition coefficient (Wildman–Crippen LogP) is 1.55. The van der Waals surface area contributed by atoms with Gasteiger partial charge in [-0.25, -0.2) is 4.79 Å². The second kappa shape index (κ2) is 6.86. The number of carbonyl (C=O) groups is 2. The third-order valence-corrected chi connectivity index (χ3v) is 3.16. The Hall–Kier alpha value is -2.14. The molecule has 0 saturated carbocycles. The van der Waals surface area contributed by atoms with E-state index in [0.717, 1.165) is 11.6 Å². The zero-order valence-electron chi connectivity index (χ0n) is 11.8. The van der Waals surface area contributed by atoms with Crippen molar-refractivity contribution in [1.82, 2.24) is 4.90 Å². The van der Waals surface area contributed by atoms with Crippen LogP contribution in [-0.4, -0.2) is 46.7 Å². The van der Waals surface area contributed by atoms with Crippen molar-refractivity contribution in [1.29, 1.82) is 0 Å². The van der Waals surface area contributed by atoms with E-state index in [-0.39, 0.29) is 18.6 Å². The molecule has 5 heteroatoms. The minimum Gasteiger partial charge on any atom is -0.478 e. The summed E-state index contributed by atoms with van der Waals surface area (Å²) >= 11 is 0. The molecule has 0 radical (unpaired) electrons. The van der Waals surface area contributed by atoms with Crippen molar-refractivity contribution in [3.05, 3.63) is 41.0 Å². The monoisotopic (exact) mass is 277 g/mol. The first-order valence-electron chi connectivity index (χ1n) is 6.26. The normalized spacial score (nSPS) is 12.4. The van der Waals surface area contributed by atoms with Crippen LogP contribution in [0.5, 0.6) is 0 Å². The van der Waals surface area contributed by atoms with Crippen molar-refractivity contribution in [2.45, 2.75) is 19.9 Å². The average Bonchev–Trinajstić information content (AvgIpc) is 2.43. The summed E-state index contributed by atoms with van der Waals surface area (Å²) < 4.78 is 0. The molecule has 20 heavy (non-hydrogen) atoms. The van der Waals surface area contributed by atoms with Crippen LogP contribution in [0.15, 0.2) is 24.3 Å². The molecule has 0 saturated heterocycles. The molecule has 1 rings (SSSR count). The Bertz CT molecular complexity index is 537. The molecular formula is C15H19NO4. The number of amides is 1. The van der Waals surface area contributed by atoms with E-state index in [2.05, 4.69) is 0 Å². The van der Waals surface area contributed by atoms with Gasteiger partial charge in [0.1, 0.15) is 0 Å². The van der Waals surface area contributed by atoms with Crippen LogP contribution < -0.4 is 0 Å². The zero-order valence-corrected chi connectivity index (χ0v) is 11.8. The fourth-order valence-corrected chi connectivity index (χ4v) is 1.65. The summed E-state index contributed by atoms with van der Waals surface area (Å²) in [4.78, 5) is 24.3. The lowest BCUT2D eigenvalue weighted by molar-refractivity contribution is -0.131. The van der Waals surface area contributed by atoms with E-state index in [1.165, 1.54) is 11.0 Å². The maximum absolute atomic E-state index is 12.3. The minimum atomic E-state index is -1.04. The Kier molecular flexibility index (Phi) is 5.46. The highest BCUT2D eigenvalue weighted by Gasteiger charge is 2.18. The van der Waals surface area contributed by atoms with Crippen LogP contribution in [0.3, 0.4) is 0 Å². The number of carbonyl (C=O) groups excluding carboxylic acids is 1. The van der Waals surface area contributed by atoms with Crippen LogP contribution in [0, 0.1) is 6.92 Å². The number of rotatable bonds is 5. The number of likely N-dealkylation sites (N-methyl/N-ethyl adjacent to an activating group) is 1. The smallest absolute Gasteiger partial charge is 0.328 e. The molecule has 0 aliphatic heterocycles. The summed E-state index contributed by atoms with van der Waals surface area (Å²) in [5.41, 5.74) is 1.95. The Morgan fingerprint density at radius 2 is 2.05 bits per heavy atom. The zero-order chi connectivity index (χ0) is 15.3. The van der Waals surface area contributed by atoms with E-state index in [0.29, 0.717) is 11.1 Å². The standard InChI is InChI=1S/C15H19NO4/c1-10-4-5-12(6-7-14(18)19)8-13(10)15(20)16(3)11(2)9-17/h4-8,11,17H,9H2,1-3H3,(H,18,19)/b7-6+. The largest absolute Gasteiger partial charge is 0.478 e. The van der Waals surface area contributed by atoms with E-state index >= 15 is 0 Å². The Labute approximate surface area is 118 Å². The second-order valence-corrected chi connectivity index (χ2v) is 4.69. The Morgan fingerprint density at radius 1 is 1.40 bits per heavy atom. The molecule has 0 fully saturated rings. The number of aryl methyl sites for hydroxylation is 1. The third kappa shape index (κ3) is 3.93. The molecule has 1 aromatic rings. The van der Waals surface area contributed by atoms with Gasteiger partial charge in [-0.2, -0.15) is 0 Å². The van der Waals surface area contributed by atoms with Crippen molar-refractivity contribution in [2.75, 3.05) is 13.7 Å². The number of aliphatic hydroxyl groups excluding tert-OH is 1. The third-order valence-electron chi connectivity index (χ3n) is 3.16. The number of carboxylic acid groups (broad SMARTS) is 1. The molecular weight excluding hydrogens is 258 g/mol. The van der Waals surface area contributed by atoms with Crippen molar-refractivity contribution in [3.63, 3.8) is 0 Å². The molecule has 1 unspecified atom stereocenters. The lowest BCUT2D eigenvalue weighted by atomic mass is 10.0. The van der Waals surface area contributed by atoms with Crippen LogP contribution in [0.1, 0.15) is 28.4 Å². The summed E-state index contributed by atoms with van der Waals surface area (Å²) in [6.45, 7) is 3.46. The van der Waals surface area contributed by atoms with Gasteiger partial charge in [-0.1, -0.05) is 12.1 Å². The summed E-state index contributed by atoms with van der Waals surface area (Å²) in [7, 11) is 1.63. The van der Waals surface area contributed by atoms with Crippen molar-refractivity contribution in [3.8, 4) is 0 Å². The number of hydrogen-bond donors (Lipinski definition) is 2. The first kappa shape index (κ1) is 15.9. The molecule has 0 aromatic heterocycles. The fourth-order valence-electron chi connectivity index (χ4n) is 1.65. The second-order valence-electron chi connectivity index (χ2n) is 4.69. The van der Waals surface area contributed by atoms with E-state index in [1.807, 2.05) is 6.92 Å². The van der Waals surface area contributed by atoms with Gasteiger partial charge in [-0.15, -0.1) is 0 Å². The van der Waals surface area contributed by atoms with E-state index in [1.54, 1.807) is 32.2 Å². The molecule has 1 amide bonds. The highest BCUT2D eigenvalue weighted by Crippen LogP contribution is 2.15. The summed E-state index contributed by atoms with van der Waals surface area (Å²) in [5.74, 6) is -1.24. The van der Waals surface area contributed by atoms with Gasteiger partial charge in [-0.3, -0.25) is 4.79 Å². The van der Waals surface area contributed by atoms with Crippen molar-refractivity contribution < 1.29 is 19.8 Å². The van der Waals surface area contributed by atoms with Gasteiger partial charge < -0.3 is 15.1 Å². The highest BCUT2D eigenvalue weighted by molar-refractivity contribution is 5.96. The topological polar surface area (TPSA) is 77.8 Å². The molecule has 5 nitrogen and oxygen atoms in total. The number of nitrogens with zero attached hydrogens (tertiary/aromatic N) is 1. The molecule has 0 bridgehead atoms. The predicted molar refractivity (Wildman–Crippen MR) is 76.5 cm³/mol. The molecule has 1 aromatic carbocycles. The quantitative estimate of drug-likeness (QED) is 0.800. The molecule has 0 aliphatic rings. The summed E-state index contributed by atoms with van der Waals surface area (Å²) in [6, 6.07) is 4.89. The van der Waals surface area contributed by atoms with E-state index in [9.17, 15) is 9.59 Å². The SMILES string of the molecule is Cc1ccc(/C=C/C(=O)O)cc1C(=O)N(C)C(C)CO. The number of aliphatic hydroxyl groups is 1. The fraction of sp³-hybridized carbons (Fsp3) is 0.333. The molecule has 2 N–H and O–H groups in total. The lowest BCUT2D eigenvalue weighted by Crippen LogP contribution is -2.37. The molecule has 0 spiro atoms. The van der Waals surface area contributed by atoms with Crippen LogP contribution >= 0.6 is 0 Å². The number of hydrogen-bond acceptors (Lipinski definition) is 3. The minimum absolute atomic E-state index is 0.111. The highest BCUT2D eigenvalue weighted by atomic mass is 16.4. The number of benzene rings is 1. The van der Waals surface area contributed by atoms with Gasteiger partial charge in [-0.05, 0) is 37.1 Å². The van der Waals surface area contributed by atoms with Crippen molar-refractivity contribution in [2.24, 2.45) is 0 Å². The first-order valence-corrected chi connectivity index (χ1v) is 6.26. The number of carboxylic acids is 1. The van der Waals surface area contributed by atoms with Gasteiger partial charge in [0.25, 0.3) is 5.91 Å². The molecule has 1 atom stereocenters. The van der Waals surface area contributed by atoms with Gasteiger partial charge in [0, 0.05) is 18.7 Å². The van der Waals surface area contributed by atoms with Crippen LogP contribution in [0.25, 0.3) is 6.08 Å². The van der Waals surface area contributed by atoms with Crippen LogP contribution in [0.2, 0.25) is 0 Å². The number of aliphatic carboxylic acids is 1. The lowest BCUT2D eigenvalue weighted by Gasteiger charge is -2.24. The maximum atomic E-state index is 12.3. The Morgan fingerprint density at radius 3 is 2.60 bits per heavy atom. The van der Waals surface area contributed by atoms with Gasteiger partial charge >= 0.3 is 5.97 Å². The molecule has 0 aliphatic carbocycles. The Balaban J connectivity index is 3.08. The summed E-state index contributed by atoms with van der Waals surface area (Å²) in [5, 5.41) is 17.7. The molecule has 108 valence electrons.